The Morgan fingerprint density at radius 2 is 1.46 bits per heavy atom. The van der Waals surface area contributed by atoms with E-state index in [1.807, 2.05) is 25.1 Å². The fraction of sp³-hybridized carbons (Fsp3) is 0.281. The molecular formula is C32H31F3O4S2. The van der Waals surface area contributed by atoms with Crippen molar-refractivity contribution in [2.45, 2.75) is 60.6 Å². The van der Waals surface area contributed by atoms with Gasteiger partial charge in [-0.15, -0.1) is 23.5 Å². The molecule has 1 heterocycles. The van der Waals surface area contributed by atoms with Crippen LogP contribution in [0.2, 0.25) is 0 Å². The SMILES string of the molecule is Cc1cc(SCc2cc(-c3ccc(C(F)(F)F)cc3)oc2CSc2ccc(C(C)(C)C)cc2)ccc1OCC(=O)O. The van der Waals surface area contributed by atoms with Gasteiger partial charge in [-0.25, -0.2) is 4.79 Å². The van der Waals surface area contributed by atoms with Crippen LogP contribution in [-0.4, -0.2) is 17.7 Å². The number of thioether (sulfide) groups is 2. The summed E-state index contributed by atoms with van der Waals surface area (Å²) in [5.41, 5.74) is 2.95. The van der Waals surface area contributed by atoms with Gasteiger partial charge in [0.05, 0.1) is 11.3 Å². The minimum Gasteiger partial charge on any atom is -0.482 e. The van der Waals surface area contributed by atoms with Crippen LogP contribution < -0.4 is 4.74 Å². The maximum atomic E-state index is 13.1. The average Bonchev–Trinajstić information content (AvgIpc) is 3.32. The molecule has 0 amide bonds. The molecule has 0 saturated heterocycles. The number of carbonyl (C=O) groups is 1. The molecule has 4 aromatic rings. The highest BCUT2D eigenvalue weighted by Crippen LogP contribution is 2.37. The van der Waals surface area contributed by atoms with Gasteiger partial charge in [0.15, 0.2) is 6.61 Å². The largest absolute Gasteiger partial charge is 0.482 e. The molecule has 216 valence electrons. The minimum atomic E-state index is -4.40. The van der Waals surface area contributed by atoms with Crippen LogP contribution in [0.15, 0.2) is 87.0 Å². The summed E-state index contributed by atoms with van der Waals surface area (Å²) < 4.78 is 50.8. The Balaban J connectivity index is 1.54. The van der Waals surface area contributed by atoms with Crippen molar-refractivity contribution in [3.05, 3.63) is 101 Å². The highest BCUT2D eigenvalue weighted by Gasteiger charge is 2.30. The third-order valence-corrected chi connectivity index (χ3v) is 8.43. The monoisotopic (exact) mass is 600 g/mol. The van der Waals surface area contributed by atoms with Gasteiger partial charge in [0.1, 0.15) is 17.3 Å². The Bertz CT molecular complexity index is 1490. The van der Waals surface area contributed by atoms with Crippen LogP contribution >= 0.6 is 23.5 Å². The van der Waals surface area contributed by atoms with Gasteiger partial charge < -0.3 is 14.3 Å². The molecule has 4 rings (SSSR count). The summed E-state index contributed by atoms with van der Waals surface area (Å²) in [6.07, 6.45) is -4.40. The standard InChI is InChI=1S/C32H31F3O4S2/c1-20-15-26(13-14-27(20)38-17-30(36)37)40-18-22-16-28(21-5-7-24(8-6-21)32(33,34)35)39-29(22)19-41-25-11-9-23(10-12-25)31(2,3)4/h5-16H,17-19H2,1-4H3,(H,36,37). The number of ether oxygens (including phenoxy) is 1. The number of carboxylic acid groups (broad SMARTS) is 1. The first kappa shape index (κ1) is 30.7. The van der Waals surface area contributed by atoms with E-state index in [1.165, 1.54) is 17.7 Å². The van der Waals surface area contributed by atoms with Crippen molar-refractivity contribution in [3.63, 3.8) is 0 Å². The highest BCUT2D eigenvalue weighted by molar-refractivity contribution is 7.99. The summed E-state index contributed by atoms with van der Waals surface area (Å²) in [5.74, 6) is 1.89. The van der Waals surface area contributed by atoms with E-state index in [0.717, 1.165) is 38.8 Å². The zero-order chi connectivity index (χ0) is 29.8. The van der Waals surface area contributed by atoms with E-state index in [4.69, 9.17) is 14.3 Å². The lowest BCUT2D eigenvalue weighted by molar-refractivity contribution is -0.139. The maximum Gasteiger partial charge on any atom is 0.416 e. The van der Waals surface area contributed by atoms with Crippen LogP contribution in [0.3, 0.4) is 0 Å². The summed E-state index contributed by atoms with van der Waals surface area (Å²) >= 11 is 3.22. The molecular weight excluding hydrogens is 569 g/mol. The summed E-state index contributed by atoms with van der Waals surface area (Å²) in [6.45, 7) is 7.96. The van der Waals surface area contributed by atoms with Crippen molar-refractivity contribution in [2.24, 2.45) is 0 Å². The molecule has 41 heavy (non-hydrogen) atoms. The van der Waals surface area contributed by atoms with Crippen LogP contribution in [0.1, 0.15) is 48.8 Å². The Kier molecular flexibility index (Phi) is 9.49. The first-order chi connectivity index (χ1) is 19.3. The summed E-state index contributed by atoms with van der Waals surface area (Å²) in [5, 5.41) is 8.86. The molecule has 0 bridgehead atoms. The summed E-state index contributed by atoms with van der Waals surface area (Å²) in [6, 6.07) is 20.9. The molecule has 9 heteroatoms. The Hall–Kier alpha value is -3.30. The second kappa shape index (κ2) is 12.7. The number of aliphatic carboxylic acids is 1. The molecule has 0 radical (unpaired) electrons. The van der Waals surface area contributed by atoms with Gasteiger partial charge in [-0.2, -0.15) is 13.2 Å². The number of benzene rings is 3. The van der Waals surface area contributed by atoms with Gasteiger partial charge in [0, 0.05) is 26.7 Å². The lowest BCUT2D eigenvalue weighted by Crippen LogP contribution is -2.10. The van der Waals surface area contributed by atoms with Crippen molar-refractivity contribution in [2.75, 3.05) is 6.61 Å². The van der Waals surface area contributed by atoms with Crippen molar-refractivity contribution < 1.29 is 32.2 Å². The molecule has 0 saturated carbocycles. The second-order valence-electron chi connectivity index (χ2n) is 10.6. The van der Waals surface area contributed by atoms with E-state index in [2.05, 4.69) is 45.0 Å². The molecule has 1 N–H and O–H groups in total. The normalized spacial score (nSPS) is 12.0. The van der Waals surface area contributed by atoms with Gasteiger partial charge in [0.25, 0.3) is 0 Å². The maximum absolute atomic E-state index is 13.1. The van der Waals surface area contributed by atoms with E-state index >= 15 is 0 Å². The summed E-state index contributed by atoms with van der Waals surface area (Å²) in [4.78, 5) is 12.9. The van der Waals surface area contributed by atoms with Crippen molar-refractivity contribution in [3.8, 4) is 17.1 Å². The smallest absolute Gasteiger partial charge is 0.416 e. The molecule has 0 fully saturated rings. The van der Waals surface area contributed by atoms with Crippen molar-refractivity contribution in [1.82, 2.24) is 0 Å². The van der Waals surface area contributed by atoms with Gasteiger partial charge in [-0.3, -0.25) is 0 Å². The van der Waals surface area contributed by atoms with E-state index in [1.54, 1.807) is 29.6 Å². The number of furan rings is 1. The predicted molar refractivity (Wildman–Crippen MR) is 158 cm³/mol. The first-order valence-electron chi connectivity index (χ1n) is 12.9. The van der Waals surface area contributed by atoms with Crippen LogP contribution in [0.4, 0.5) is 13.2 Å². The van der Waals surface area contributed by atoms with E-state index < -0.39 is 24.3 Å². The van der Waals surface area contributed by atoms with E-state index in [9.17, 15) is 18.0 Å². The molecule has 3 aromatic carbocycles. The predicted octanol–water partition coefficient (Wildman–Crippen LogP) is 9.62. The Morgan fingerprint density at radius 1 is 0.854 bits per heavy atom. The topological polar surface area (TPSA) is 59.7 Å². The van der Waals surface area contributed by atoms with E-state index in [-0.39, 0.29) is 5.41 Å². The highest BCUT2D eigenvalue weighted by atomic mass is 32.2. The molecule has 1 aromatic heterocycles. The number of halogens is 3. The molecule has 0 aliphatic heterocycles. The number of carboxylic acids is 1. The summed E-state index contributed by atoms with van der Waals surface area (Å²) in [7, 11) is 0. The third kappa shape index (κ3) is 8.36. The molecule has 0 aliphatic carbocycles. The quantitative estimate of drug-likeness (QED) is 0.183. The minimum absolute atomic E-state index is 0.0596. The van der Waals surface area contributed by atoms with Crippen LogP contribution in [-0.2, 0) is 27.9 Å². The number of rotatable bonds is 10. The van der Waals surface area contributed by atoms with E-state index in [0.29, 0.717) is 28.6 Å². The van der Waals surface area contributed by atoms with Gasteiger partial charge in [-0.05, 0) is 72.0 Å². The molecule has 0 spiro atoms. The molecule has 0 atom stereocenters. The number of hydrogen-bond donors (Lipinski definition) is 1. The molecule has 0 aliphatic rings. The molecule has 0 unspecified atom stereocenters. The van der Waals surface area contributed by atoms with Crippen LogP contribution in [0.25, 0.3) is 11.3 Å². The number of hydrogen-bond acceptors (Lipinski definition) is 5. The first-order valence-corrected chi connectivity index (χ1v) is 14.9. The molecule has 4 nitrogen and oxygen atoms in total. The Morgan fingerprint density at radius 3 is 2.05 bits per heavy atom. The van der Waals surface area contributed by atoms with Gasteiger partial charge in [0.2, 0.25) is 0 Å². The average molecular weight is 601 g/mol. The van der Waals surface area contributed by atoms with Crippen molar-refractivity contribution in [1.29, 1.82) is 0 Å². The second-order valence-corrected chi connectivity index (χ2v) is 12.7. The number of aryl methyl sites for hydroxylation is 1. The van der Waals surface area contributed by atoms with Crippen LogP contribution in [0.5, 0.6) is 5.75 Å². The zero-order valence-electron chi connectivity index (χ0n) is 23.2. The van der Waals surface area contributed by atoms with Gasteiger partial charge >= 0.3 is 12.1 Å². The van der Waals surface area contributed by atoms with Crippen molar-refractivity contribution >= 4 is 29.5 Å². The fourth-order valence-electron chi connectivity index (χ4n) is 4.05. The number of alkyl halides is 3. The Labute approximate surface area is 246 Å². The van der Waals surface area contributed by atoms with Crippen LogP contribution in [0, 0.1) is 6.92 Å². The fourth-order valence-corrected chi connectivity index (χ4v) is 5.91. The van der Waals surface area contributed by atoms with Gasteiger partial charge in [-0.1, -0.05) is 45.0 Å². The zero-order valence-corrected chi connectivity index (χ0v) is 24.8. The lowest BCUT2D eigenvalue weighted by Gasteiger charge is -2.19. The lowest BCUT2D eigenvalue weighted by atomic mass is 9.87. The third-order valence-electron chi connectivity index (χ3n) is 6.38.